The maximum absolute atomic E-state index is 12.8. The van der Waals surface area contributed by atoms with Crippen LogP contribution >= 0.6 is 0 Å². The van der Waals surface area contributed by atoms with E-state index in [2.05, 4.69) is 20.2 Å². The first-order valence-electron chi connectivity index (χ1n) is 11.5. The molecule has 33 heavy (non-hydrogen) atoms. The summed E-state index contributed by atoms with van der Waals surface area (Å²) in [6.45, 7) is 2.96. The van der Waals surface area contributed by atoms with Crippen molar-refractivity contribution in [2.24, 2.45) is 0 Å². The van der Waals surface area contributed by atoms with Crippen molar-refractivity contribution in [3.8, 4) is 5.88 Å². The highest BCUT2D eigenvalue weighted by Crippen LogP contribution is 2.44. The van der Waals surface area contributed by atoms with E-state index in [4.69, 9.17) is 9.72 Å². The number of hydrogen-bond donors (Lipinski definition) is 1. The summed E-state index contributed by atoms with van der Waals surface area (Å²) >= 11 is 0. The van der Waals surface area contributed by atoms with Gasteiger partial charge in [-0.05, 0) is 39.9 Å². The van der Waals surface area contributed by atoms with Crippen LogP contribution in [0.2, 0.25) is 0 Å². The Balaban J connectivity index is 1.55. The van der Waals surface area contributed by atoms with Gasteiger partial charge in [-0.3, -0.25) is 4.79 Å². The van der Waals surface area contributed by atoms with Crippen LogP contribution in [0.3, 0.4) is 0 Å². The molecule has 0 bridgehead atoms. The lowest BCUT2D eigenvalue weighted by atomic mass is 9.86. The fraction of sp³-hybridized carbons (Fsp3) is 0.542. The summed E-state index contributed by atoms with van der Waals surface area (Å²) in [6.07, 6.45) is 9.18. The minimum absolute atomic E-state index is 0.00284. The number of Topliss-reactive ketones (excluding diaryl/α,β-unsaturated/α-hetero) is 1. The van der Waals surface area contributed by atoms with E-state index in [1.54, 1.807) is 25.4 Å². The van der Waals surface area contributed by atoms with E-state index in [0.29, 0.717) is 24.9 Å². The van der Waals surface area contributed by atoms with Crippen LogP contribution in [0.1, 0.15) is 44.6 Å². The van der Waals surface area contributed by atoms with Crippen molar-refractivity contribution in [2.75, 3.05) is 37.5 Å². The summed E-state index contributed by atoms with van der Waals surface area (Å²) in [5, 5.41) is 3.21. The van der Waals surface area contributed by atoms with Gasteiger partial charge in [-0.2, -0.15) is 4.98 Å². The highest BCUT2D eigenvalue weighted by atomic mass is 16.5. The minimum Gasteiger partial charge on any atom is -0.476 e. The highest BCUT2D eigenvalue weighted by Gasteiger charge is 2.51. The van der Waals surface area contributed by atoms with Crippen LogP contribution in [-0.2, 0) is 16.0 Å². The summed E-state index contributed by atoms with van der Waals surface area (Å²) < 4.78 is 5.64. The molecule has 1 atom stereocenters. The average Bonchev–Trinajstić information content (AvgIpc) is 3.41. The number of ketones is 1. The van der Waals surface area contributed by atoms with Crippen molar-refractivity contribution in [3.63, 3.8) is 0 Å². The standard InChI is InChI=1S/C24H32N6O3/c1-17(32)24(10-12-31)14-18-15-26-23(28-22(18)30(24)20-6-4-5-7-20)27-19-8-9-21(25-16-19)33-13-11-29(2)3/h8-9,12,15-16,20H,4-7,10-11,13-14H2,1-3H3,(H,26,27,28). The SMILES string of the molecule is CC(=O)C1(CC=O)Cc2cnc(Nc3ccc(OCCN(C)C)nc3)nc2N1C1CCCC1. The predicted molar refractivity (Wildman–Crippen MR) is 126 cm³/mol. The molecule has 1 aliphatic heterocycles. The van der Waals surface area contributed by atoms with Gasteiger partial charge in [0.05, 0.1) is 11.9 Å². The average molecular weight is 453 g/mol. The van der Waals surface area contributed by atoms with Gasteiger partial charge in [0.1, 0.15) is 24.2 Å². The lowest BCUT2D eigenvalue weighted by Gasteiger charge is -2.40. The van der Waals surface area contributed by atoms with Gasteiger partial charge in [0.25, 0.3) is 0 Å². The van der Waals surface area contributed by atoms with Gasteiger partial charge in [0.2, 0.25) is 11.8 Å². The topological polar surface area (TPSA) is 101 Å². The second-order valence-electron chi connectivity index (χ2n) is 9.15. The van der Waals surface area contributed by atoms with Crippen molar-refractivity contribution in [1.82, 2.24) is 19.9 Å². The lowest BCUT2D eigenvalue weighted by Crippen LogP contribution is -2.56. The van der Waals surface area contributed by atoms with Crippen LogP contribution in [0, 0.1) is 0 Å². The maximum Gasteiger partial charge on any atom is 0.229 e. The van der Waals surface area contributed by atoms with Crippen molar-refractivity contribution in [3.05, 3.63) is 30.1 Å². The summed E-state index contributed by atoms with van der Waals surface area (Å²) in [6, 6.07) is 3.88. The number of rotatable bonds is 10. The van der Waals surface area contributed by atoms with Gasteiger partial charge in [0, 0.05) is 43.3 Å². The smallest absolute Gasteiger partial charge is 0.229 e. The van der Waals surface area contributed by atoms with Crippen molar-refractivity contribution < 1.29 is 14.3 Å². The molecule has 0 saturated heterocycles. The third-order valence-electron chi connectivity index (χ3n) is 6.56. The van der Waals surface area contributed by atoms with Gasteiger partial charge >= 0.3 is 0 Å². The van der Waals surface area contributed by atoms with E-state index in [0.717, 1.165) is 55.6 Å². The number of anilines is 3. The van der Waals surface area contributed by atoms with E-state index in [-0.39, 0.29) is 18.2 Å². The Bertz CT molecular complexity index is 990. The zero-order valence-electron chi connectivity index (χ0n) is 19.6. The van der Waals surface area contributed by atoms with E-state index < -0.39 is 5.54 Å². The molecule has 0 radical (unpaired) electrons. The molecule has 1 N–H and O–H groups in total. The van der Waals surface area contributed by atoms with E-state index >= 15 is 0 Å². The number of pyridine rings is 1. The Morgan fingerprint density at radius 2 is 2.06 bits per heavy atom. The second-order valence-corrected chi connectivity index (χ2v) is 9.15. The van der Waals surface area contributed by atoms with E-state index in [1.165, 1.54) is 0 Å². The molecule has 2 aromatic rings. The lowest BCUT2D eigenvalue weighted by molar-refractivity contribution is -0.124. The summed E-state index contributed by atoms with van der Waals surface area (Å²) in [4.78, 5) is 42.2. The molecule has 0 amide bonds. The van der Waals surface area contributed by atoms with Crippen molar-refractivity contribution >= 4 is 29.5 Å². The molecule has 1 saturated carbocycles. The fourth-order valence-corrected chi connectivity index (χ4v) is 4.83. The summed E-state index contributed by atoms with van der Waals surface area (Å²) in [5.41, 5.74) is 0.790. The maximum atomic E-state index is 12.8. The molecule has 1 unspecified atom stereocenters. The van der Waals surface area contributed by atoms with E-state index in [9.17, 15) is 9.59 Å². The van der Waals surface area contributed by atoms with E-state index in [1.807, 2.05) is 25.1 Å². The number of hydrogen-bond acceptors (Lipinski definition) is 9. The molecular formula is C24H32N6O3. The van der Waals surface area contributed by atoms with Crippen molar-refractivity contribution in [1.29, 1.82) is 0 Å². The number of carbonyl (C=O) groups is 2. The van der Waals surface area contributed by atoms with Crippen LogP contribution in [0.5, 0.6) is 5.88 Å². The monoisotopic (exact) mass is 452 g/mol. The Labute approximate surface area is 194 Å². The molecule has 3 heterocycles. The normalized spacial score (nSPS) is 20.2. The van der Waals surface area contributed by atoms with Crippen LogP contribution < -0.4 is 15.0 Å². The molecule has 1 fully saturated rings. The predicted octanol–water partition coefficient (Wildman–Crippen LogP) is 2.78. The number of aromatic nitrogens is 3. The number of aldehydes is 1. The molecular weight excluding hydrogens is 420 g/mol. The Kier molecular flexibility index (Phi) is 6.88. The number of nitrogens with one attached hydrogen (secondary N) is 1. The Hall–Kier alpha value is -3.07. The third kappa shape index (κ3) is 4.83. The van der Waals surface area contributed by atoms with Gasteiger partial charge in [-0.25, -0.2) is 9.97 Å². The van der Waals surface area contributed by atoms with Gasteiger partial charge in [-0.15, -0.1) is 0 Å². The zero-order chi connectivity index (χ0) is 23.4. The van der Waals surface area contributed by atoms with Crippen LogP contribution in [0.4, 0.5) is 17.5 Å². The molecule has 2 aromatic heterocycles. The highest BCUT2D eigenvalue weighted by molar-refractivity contribution is 5.95. The van der Waals surface area contributed by atoms with Gasteiger partial charge in [0.15, 0.2) is 5.78 Å². The largest absolute Gasteiger partial charge is 0.476 e. The van der Waals surface area contributed by atoms with Crippen LogP contribution in [-0.4, -0.2) is 70.7 Å². The number of carbonyl (C=O) groups excluding carboxylic acids is 2. The van der Waals surface area contributed by atoms with Gasteiger partial charge < -0.3 is 24.6 Å². The second kappa shape index (κ2) is 9.82. The molecule has 1 aliphatic carbocycles. The molecule has 9 heteroatoms. The Morgan fingerprint density at radius 3 is 2.70 bits per heavy atom. The summed E-state index contributed by atoms with van der Waals surface area (Å²) in [5.74, 6) is 1.76. The molecule has 9 nitrogen and oxygen atoms in total. The van der Waals surface area contributed by atoms with Gasteiger partial charge in [-0.1, -0.05) is 12.8 Å². The zero-order valence-corrected chi connectivity index (χ0v) is 19.6. The summed E-state index contributed by atoms with van der Waals surface area (Å²) in [7, 11) is 3.99. The molecule has 0 aromatic carbocycles. The Morgan fingerprint density at radius 1 is 1.27 bits per heavy atom. The molecule has 2 aliphatic rings. The molecule has 4 rings (SSSR count). The molecule has 0 spiro atoms. The van der Waals surface area contributed by atoms with Crippen LogP contribution in [0.15, 0.2) is 24.5 Å². The van der Waals surface area contributed by atoms with Crippen molar-refractivity contribution in [2.45, 2.75) is 57.0 Å². The van der Waals surface area contributed by atoms with Crippen LogP contribution in [0.25, 0.3) is 0 Å². The number of likely N-dealkylation sites (N-methyl/N-ethyl adjacent to an activating group) is 1. The number of nitrogens with zero attached hydrogens (tertiary/aromatic N) is 5. The fourth-order valence-electron chi connectivity index (χ4n) is 4.83. The quantitative estimate of drug-likeness (QED) is 0.545. The molecule has 176 valence electrons. The first-order chi connectivity index (χ1) is 15.9. The number of fused-ring (bicyclic) bond motifs is 1. The number of ether oxygens (including phenoxy) is 1. The third-order valence-corrected chi connectivity index (χ3v) is 6.56. The first kappa shape index (κ1) is 23.1. The minimum atomic E-state index is -0.862. The first-order valence-corrected chi connectivity index (χ1v) is 11.5.